The number of benzene rings is 2. The van der Waals surface area contributed by atoms with Crippen LogP contribution in [0.15, 0.2) is 60.9 Å². The second kappa shape index (κ2) is 17.4. The number of aliphatic hydroxyl groups is 1. The standard InChI is InChI=1S/C37H44F3N5O8/c1-37(2,3)32(43-35(48)50-4)33(47)42-27(16-21-7-9-22(10-8-21)23-6-5-14-41-17-23)28(46)19-45(18-24-11-12-26(38)31(40)30(24)39)44-36(49)53-29-20-52-34-25(29)13-15-51-34/h5-12,14,17,25,27-29,32,34,46H,13,15-16,18-20H2,1-4H3,(H,42,47)(H,43,48)(H,44,49). The van der Waals surface area contributed by atoms with E-state index >= 15 is 0 Å². The van der Waals surface area contributed by atoms with E-state index in [1.54, 1.807) is 33.2 Å². The van der Waals surface area contributed by atoms with Gasteiger partial charge in [0.05, 0.1) is 38.4 Å². The van der Waals surface area contributed by atoms with E-state index in [0.717, 1.165) is 35.4 Å². The maximum absolute atomic E-state index is 14.9. The molecule has 2 aliphatic heterocycles. The van der Waals surface area contributed by atoms with Gasteiger partial charge in [0.1, 0.15) is 12.1 Å². The van der Waals surface area contributed by atoms with Gasteiger partial charge >= 0.3 is 12.2 Å². The van der Waals surface area contributed by atoms with Crippen LogP contribution in [0.1, 0.15) is 38.3 Å². The number of alkyl carbamates (subject to hydrolysis) is 1. The van der Waals surface area contributed by atoms with Crippen molar-refractivity contribution in [3.63, 3.8) is 0 Å². The van der Waals surface area contributed by atoms with Crippen molar-refractivity contribution in [2.24, 2.45) is 11.3 Å². The number of rotatable bonds is 13. The maximum atomic E-state index is 14.9. The number of carbonyl (C=O) groups is 3. The molecule has 0 spiro atoms. The zero-order valence-electron chi connectivity index (χ0n) is 29.8. The largest absolute Gasteiger partial charge is 0.453 e. The lowest BCUT2D eigenvalue weighted by atomic mass is 9.85. The molecular weight excluding hydrogens is 699 g/mol. The predicted molar refractivity (Wildman–Crippen MR) is 184 cm³/mol. The number of nitrogens with one attached hydrogen (secondary N) is 3. The Morgan fingerprint density at radius 3 is 2.43 bits per heavy atom. The van der Waals surface area contributed by atoms with Crippen molar-refractivity contribution in [1.82, 2.24) is 26.1 Å². The number of carbonyl (C=O) groups excluding carboxylic acids is 3. The van der Waals surface area contributed by atoms with Gasteiger partial charge in [-0.25, -0.2) is 27.8 Å². The number of pyridine rings is 1. The molecule has 0 bridgehead atoms. The van der Waals surface area contributed by atoms with E-state index < -0.39 is 84.6 Å². The molecule has 6 atom stereocenters. The summed E-state index contributed by atoms with van der Waals surface area (Å²) in [4.78, 5) is 43.3. The number of hydrazine groups is 1. The molecule has 53 heavy (non-hydrogen) atoms. The number of hydrogen-bond acceptors (Lipinski definition) is 10. The van der Waals surface area contributed by atoms with Crippen molar-refractivity contribution in [2.45, 2.75) is 70.7 Å². The highest BCUT2D eigenvalue weighted by atomic mass is 19.2. The molecular formula is C37H44F3N5O8. The van der Waals surface area contributed by atoms with Gasteiger partial charge in [0.2, 0.25) is 5.91 Å². The summed E-state index contributed by atoms with van der Waals surface area (Å²) in [6.45, 7) is 4.75. The number of aromatic nitrogens is 1. The fraction of sp³-hybridized carbons (Fsp3) is 0.459. The second-order valence-electron chi connectivity index (χ2n) is 14.1. The van der Waals surface area contributed by atoms with E-state index in [4.69, 9.17) is 18.9 Å². The smallest absolute Gasteiger partial charge is 0.422 e. The number of fused-ring (bicyclic) bond motifs is 1. The number of ether oxygens (including phenoxy) is 4. The number of aliphatic hydroxyl groups excluding tert-OH is 1. The average Bonchev–Trinajstić information content (AvgIpc) is 3.75. The summed E-state index contributed by atoms with van der Waals surface area (Å²) < 4.78 is 64.3. The molecule has 0 saturated carbocycles. The summed E-state index contributed by atoms with van der Waals surface area (Å²) in [5.74, 6) is -5.41. The Kier molecular flexibility index (Phi) is 12.9. The molecule has 286 valence electrons. The molecule has 2 fully saturated rings. The lowest BCUT2D eigenvalue weighted by Gasteiger charge is -2.34. The quantitative estimate of drug-likeness (QED) is 0.147. The van der Waals surface area contributed by atoms with Gasteiger partial charge in [0.15, 0.2) is 23.7 Å². The Balaban J connectivity index is 1.40. The maximum Gasteiger partial charge on any atom is 0.422 e. The molecule has 6 unspecified atom stereocenters. The van der Waals surface area contributed by atoms with Gasteiger partial charge in [-0.15, -0.1) is 0 Å². The highest BCUT2D eigenvalue weighted by Gasteiger charge is 2.44. The topological polar surface area (TPSA) is 161 Å². The minimum absolute atomic E-state index is 0.0651. The fourth-order valence-corrected chi connectivity index (χ4v) is 6.26. The number of nitrogens with zero attached hydrogens (tertiary/aromatic N) is 2. The van der Waals surface area contributed by atoms with Crippen LogP contribution in [0.2, 0.25) is 0 Å². The van der Waals surface area contributed by atoms with Gasteiger partial charge in [-0.2, -0.15) is 0 Å². The minimum Gasteiger partial charge on any atom is -0.453 e. The molecule has 3 heterocycles. The van der Waals surface area contributed by atoms with Crippen LogP contribution >= 0.6 is 0 Å². The van der Waals surface area contributed by atoms with Crippen LogP contribution in [-0.2, 0) is 36.7 Å². The lowest BCUT2D eigenvalue weighted by Crippen LogP contribution is -2.59. The molecule has 2 aliphatic rings. The van der Waals surface area contributed by atoms with Crippen LogP contribution in [0.4, 0.5) is 22.8 Å². The summed E-state index contributed by atoms with van der Waals surface area (Å²) >= 11 is 0. The number of amides is 3. The first-order valence-corrected chi connectivity index (χ1v) is 17.1. The molecule has 5 rings (SSSR count). The Morgan fingerprint density at radius 2 is 1.75 bits per heavy atom. The van der Waals surface area contributed by atoms with Gasteiger partial charge in [0.25, 0.3) is 0 Å². The zero-order valence-corrected chi connectivity index (χ0v) is 29.8. The molecule has 13 nitrogen and oxygen atoms in total. The third kappa shape index (κ3) is 10.2. The number of hydrogen-bond donors (Lipinski definition) is 4. The molecule has 0 radical (unpaired) electrons. The third-order valence-corrected chi connectivity index (χ3v) is 9.15. The van der Waals surface area contributed by atoms with Crippen LogP contribution < -0.4 is 16.1 Å². The highest BCUT2D eigenvalue weighted by Crippen LogP contribution is 2.33. The highest BCUT2D eigenvalue weighted by molar-refractivity contribution is 5.86. The molecule has 3 aromatic rings. The number of methoxy groups -OCH3 is 1. The summed E-state index contributed by atoms with van der Waals surface area (Å²) in [5.41, 5.74) is 3.82. The molecule has 2 saturated heterocycles. The van der Waals surface area contributed by atoms with Crippen LogP contribution in [-0.4, -0.2) is 90.6 Å². The van der Waals surface area contributed by atoms with Gasteiger partial charge in [0, 0.05) is 31.0 Å². The lowest BCUT2D eigenvalue weighted by molar-refractivity contribution is -0.127. The van der Waals surface area contributed by atoms with Gasteiger partial charge in [-0.1, -0.05) is 57.2 Å². The van der Waals surface area contributed by atoms with E-state index in [0.29, 0.717) is 18.6 Å². The first-order valence-electron chi connectivity index (χ1n) is 17.1. The first-order chi connectivity index (χ1) is 25.2. The average molecular weight is 744 g/mol. The first kappa shape index (κ1) is 39.4. The second-order valence-corrected chi connectivity index (χ2v) is 14.1. The van der Waals surface area contributed by atoms with Gasteiger partial charge in [-0.3, -0.25) is 15.2 Å². The van der Waals surface area contributed by atoms with Crippen molar-refractivity contribution in [3.05, 3.63) is 89.5 Å². The normalized spacial score (nSPS) is 19.9. The Bertz CT molecular complexity index is 1730. The van der Waals surface area contributed by atoms with E-state index in [2.05, 4.69) is 21.0 Å². The Labute approximate surface area is 305 Å². The minimum atomic E-state index is -1.70. The predicted octanol–water partition coefficient (Wildman–Crippen LogP) is 4.23. The summed E-state index contributed by atoms with van der Waals surface area (Å²) in [6.07, 6.45) is -0.392. The summed E-state index contributed by atoms with van der Waals surface area (Å²) in [6, 6.07) is 10.6. The monoisotopic (exact) mass is 743 g/mol. The van der Waals surface area contributed by atoms with Crippen LogP contribution in [0, 0.1) is 28.8 Å². The zero-order chi connectivity index (χ0) is 38.3. The van der Waals surface area contributed by atoms with Crippen molar-refractivity contribution in [1.29, 1.82) is 0 Å². The van der Waals surface area contributed by atoms with E-state index in [1.807, 2.05) is 36.4 Å². The van der Waals surface area contributed by atoms with Crippen molar-refractivity contribution < 1.29 is 51.6 Å². The number of halogens is 3. The van der Waals surface area contributed by atoms with E-state index in [-0.39, 0.29) is 24.5 Å². The van der Waals surface area contributed by atoms with Crippen molar-refractivity contribution >= 4 is 18.1 Å². The van der Waals surface area contributed by atoms with Crippen molar-refractivity contribution in [3.8, 4) is 11.1 Å². The van der Waals surface area contributed by atoms with Crippen LogP contribution in [0.5, 0.6) is 0 Å². The third-order valence-electron chi connectivity index (χ3n) is 9.15. The van der Waals surface area contributed by atoms with E-state index in [1.165, 1.54) is 0 Å². The van der Waals surface area contributed by atoms with Crippen LogP contribution in [0.25, 0.3) is 11.1 Å². The van der Waals surface area contributed by atoms with Crippen LogP contribution in [0.3, 0.4) is 0 Å². The SMILES string of the molecule is COC(=O)NC(C(=O)NC(Cc1ccc(-c2cccnc2)cc1)C(O)CN(Cc1ccc(F)c(F)c1F)NC(=O)OC1COC2OCCC12)C(C)(C)C. The van der Waals surface area contributed by atoms with Crippen molar-refractivity contribution in [2.75, 3.05) is 26.9 Å². The Morgan fingerprint density at radius 1 is 1.00 bits per heavy atom. The molecule has 2 aromatic carbocycles. The van der Waals surface area contributed by atoms with Gasteiger partial charge in [-0.05, 0) is 47.1 Å². The summed E-state index contributed by atoms with van der Waals surface area (Å²) in [5, 5.41) is 18.2. The summed E-state index contributed by atoms with van der Waals surface area (Å²) in [7, 11) is 1.16. The van der Waals surface area contributed by atoms with E-state index in [9.17, 15) is 32.7 Å². The molecule has 16 heteroatoms. The molecule has 1 aromatic heterocycles. The molecule has 0 aliphatic carbocycles. The Hall–Kier alpha value is -4.77. The molecule has 3 amide bonds. The fourth-order valence-electron chi connectivity index (χ4n) is 6.26. The van der Waals surface area contributed by atoms with Gasteiger partial charge < -0.3 is 34.7 Å². The molecule has 4 N–H and O–H groups in total.